The highest BCUT2D eigenvalue weighted by molar-refractivity contribution is 6.38. The molecule has 0 spiro atoms. The minimum Gasteiger partial charge on any atom is -0.394 e. The molecule has 1 saturated heterocycles. The lowest BCUT2D eigenvalue weighted by Crippen LogP contribution is -2.47. The standard InChI is InChI=1S/C19H23ClN6O.C7H7ClN4O.C6H7Cl2N3.C6H9ClN4.C4H3Cl2N3/c1-2-26-15-16(24-18(26)27)22-12-23-17(15)25-9-7-19(11-21,8-10-25)13-3-5-14(20)6-4-13;1-2-12-4-5(8)9-3-10-6(4)11-7(12)13;2*1-2-9-4-5(7)10-3-11-6(4)8;5-3-2(7)4(6)9-1-8-3/h3-6,12H,2,7-11,21H2,1H3,(H,22,23,24,27);3H,2H2,1H3,(H,9,10,11,13);3,9H,2H2,1H3;3,9H,2H2,1H3,(H2,8,10,11);1H,7H2. The molecule has 0 atom stereocenters. The van der Waals surface area contributed by atoms with Crippen LogP contribution in [0.1, 0.15) is 46.1 Å². The number of imidazole rings is 2. The molecular formula is C42H49Cl7N20O2. The second-order valence-electron chi connectivity index (χ2n) is 14.8. The van der Waals surface area contributed by atoms with Crippen molar-refractivity contribution < 1.29 is 0 Å². The first kappa shape index (κ1) is 56.1. The summed E-state index contributed by atoms with van der Waals surface area (Å²) in [5.41, 5.74) is 21.6. The van der Waals surface area contributed by atoms with E-state index in [1.54, 1.807) is 4.57 Å². The van der Waals surface area contributed by atoms with Crippen LogP contribution >= 0.6 is 81.2 Å². The zero-order valence-electron chi connectivity index (χ0n) is 38.6. The number of benzene rings is 1. The van der Waals surface area contributed by atoms with Crippen LogP contribution in [0.3, 0.4) is 0 Å². The van der Waals surface area contributed by atoms with Crippen LogP contribution in [0, 0.1) is 0 Å². The van der Waals surface area contributed by atoms with E-state index in [1.807, 2.05) is 39.8 Å². The number of aromatic amines is 2. The number of hydrogen-bond donors (Lipinski definition) is 7. The highest BCUT2D eigenvalue weighted by Gasteiger charge is 2.36. The minimum absolute atomic E-state index is 0.0597. The molecule has 1 fully saturated rings. The number of rotatable bonds is 9. The summed E-state index contributed by atoms with van der Waals surface area (Å²) in [6.07, 6.45) is 8.57. The van der Waals surface area contributed by atoms with Crippen molar-refractivity contribution >= 4 is 132 Å². The number of anilines is 5. The predicted molar refractivity (Wildman–Crippen MR) is 285 cm³/mol. The molecule has 0 saturated carbocycles. The van der Waals surface area contributed by atoms with Gasteiger partial charge in [-0.05, 0) is 58.2 Å². The monoisotopic (exact) mass is 1110 g/mol. The predicted octanol–water partition coefficient (Wildman–Crippen LogP) is 7.81. The molecule has 7 aromatic heterocycles. The van der Waals surface area contributed by atoms with Crippen LogP contribution in [0.2, 0.25) is 35.9 Å². The second-order valence-corrected chi connectivity index (χ2v) is 17.4. The largest absolute Gasteiger partial charge is 0.394 e. The minimum atomic E-state index is -0.208. The van der Waals surface area contributed by atoms with E-state index in [9.17, 15) is 9.59 Å². The third kappa shape index (κ3) is 14.0. The van der Waals surface area contributed by atoms with E-state index in [-0.39, 0.29) is 32.8 Å². The average molecular weight is 1110 g/mol. The lowest BCUT2D eigenvalue weighted by atomic mass is 9.73. The number of piperidine rings is 1. The molecule has 1 aliphatic rings. The van der Waals surface area contributed by atoms with Gasteiger partial charge in [0, 0.05) is 56.3 Å². The molecule has 9 rings (SSSR count). The number of halogens is 7. The summed E-state index contributed by atoms with van der Waals surface area (Å²) in [5, 5.41) is 8.39. The van der Waals surface area contributed by atoms with Crippen molar-refractivity contribution in [2.24, 2.45) is 5.73 Å². The average Bonchev–Trinajstić information content (AvgIpc) is 3.89. The van der Waals surface area contributed by atoms with Gasteiger partial charge in [0.15, 0.2) is 53.8 Å². The van der Waals surface area contributed by atoms with Gasteiger partial charge in [0.25, 0.3) is 0 Å². The summed E-state index contributed by atoms with van der Waals surface area (Å²) in [4.78, 5) is 69.8. The number of nitrogens with one attached hydrogen (secondary N) is 4. The highest BCUT2D eigenvalue weighted by Crippen LogP contribution is 2.37. The fourth-order valence-corrected chi connectivity index (χ4v) is 8.40. The summed E-state index contributed by atoms with van der Waals surface area (Å²) >= 11 is 39.9. The number of H-pyrrole nitrogens is 2. The van der Waals surface area contributed by atoms with E-state index in [0.29, 0.717) is 74.3 Å². The maximum atomic E-state index is 12.2. The summed E-state index contributed by atoms with van der Waals surface area (Å²) in [6, 6.07) is 8.01. The Kier molecular flexibility index (Phi) is 21.0. The van der Waals surface area contributed by atoms with Gasteiger partial charge >= 0.3 is 11.4 Å². The Labute approximate surface area is 441 Å². The zero-order valence-corrected chi connectivity index (χ0v) is 43.9. The van der Waals surface area contributed by atoms with Crippen molar-refractivity contribution in [3.63, 3.8) is 0 Å². The maximum Gasteiger partial charge on any atom is 0.327 e. The molecule has 378 valence electrons. The molecule has 1 aromatic carbocycles. The molecule has 22 nitrogen and oxygen atoms in total. The first-order chi connectivity index (χ1) is 34.0. The molecule has 0 amide bonds. The summed E-state index contributed by atoms with van der Waals surface area (Å²) in [7, 11) is 0. The normalized spacial score (nSPS) is 12.6. The molecule has 10 N–H and O–H groups in total. The Balaban J connectivity index is 0.000000179. The quantitative estimate of drug-likeness (QED) is 0.0678. The van der Waals surface area contributed by atoms with Crippen LogP contribution in [0.25, 0.3) is 22.3 Å². The maximum absolute atomic E-state index is 12.2. The first-order valence-electron chi connectivity index (χ1n) is 21.6. The highest BCUT2D eigenvalue weighted by atomic mass is 35.5. The van der Waals surface area contributed by atoms with Gasteiger partial charge in [-0.15, -0.1) is 0 Å². The van der Waals surface area contributed by atoms with E-state index in [4.69, 9.17) is 98.4 Å². The molecule has 29 heteroatoms. The van der Waals surface area contributed by atoms with Crippen LogP contribution in [-0.4, -0.2) is 102 Å². The van der Waals surface area contributed by atoms with Gasteiger partial charge < -0.3 is 32.7 Å². The third-order valence-corrected chi connectivity index (χ3v) is 12.6. The fourth-order valence-electron chi connectivity index (χ4n) is 7.07. The van der Waals surface area contributed by atoms with Crippen molar-refractivity contribution in [2.75, 3.05) is 59.7 Å². The van der Waals surface area contributed by atoms with Crippen molar-refractivity contribution in [1.29, 1.82) is 0 Å². The molecule has 0 unspecified atom stereocenters. The second kappa shape index (κ2) is 26.6. The number of aryl methyl sites for hydroxylation is 2. The first-order valence-corrected chi connectivity index (χ1v) is 24.2. The summed E-state index contributed by atoms with van der Waals surface area (Å²) in [6.45, 7) is 12.5. The van der Waals surface area contributed by atoms with Crippen molar-refractivity contribution in [1.82, 2.24) is 68.9 Å². The van der Waals surface area contributed by atoms with Crippen molar-refractivity contribution in [3.05, 3.63) is 118 Å². The SMILES string of the molecule is CCNc1c(Cl)ncnc1Cl.CCNc1c(N)ncnc1Cl.CCn1c(=O)[nH]c2ncnc(Cl)c21.CCn1c(=O)[nH]c2ncnc(N3CCC(CN)(c4ccc(Cl)cc4)CC3)c21.Nc1c(Cl)ncnc1Cl. The third-order valence-electron chi connectivity index (χ3n) is 10.6. The Hall–Kier alpha value is -5.85. The number of nitrogens with two attached hydrogens (primary N) is 3. The van der Waals surface area contributed by atoms with E-state index in [0.717, 1.165) is 55.4 Å². The zero-order chi connectivity index (χ0) is 51.8. The summed E-state index contributed by atoms with van der Waals surface area (Å²) < 4.78 is 3.19. The number of fused-ring (bicyclic) bond motifs is 2. The van der Waals surface area contributed by atoms with E-state index < -0.39 is 0 Å². The van der Waals surface area contributed by atoms with Gasteiger partial charge in [0.2, 0.25) is 0 Å². The van der Waals surface area contributed by atoms with Crippen LogP contribution < -0.4 is 44.1 Å². The Morgan fingerprint density at radius 1 is 0.577 bits per heavy atom. The lowest BCUT2D eigenvalue weighted by molar-refractivity contribution is 0.339. The van der Waals surface area contributed by atoms with Crippen LogP contribution in [-0.2, 0) is 18.5 Å². The van der Waals surface area contributed by atoms with Gasteiger partial charge in [-0.3, -0.25) is 19.1 Å². The van der Waals surface area contributed by atoms with Gasteiger partial charge in [-0.25, -0.2) is 59.4 Å². The Morgan fingerprint density at radius 3 is 1.51 bits per heavy atom. The number of aromatic nitrogens is 14. The molecule has 0 aliphatic carbocycles. The summed E-state index contributed by atoms with van der Waals surface area (Å²) in [5.74, 6) is 1.19. The molecule has 0 bridgehead atoms. The van der Waals surface area contributed by atoms with E-state index in [2.05, 4.69) is 87.5 Å². The number of nitrogens with zero attached hydrogens (tertiary/aromatic N) is 13. The van der Waals surface area contributed by atoms with E-state index in [1.165, 1.54) is 41.8 Å². The molecule has 1 aliphatic heterocycles. The van der Waals surface area contributed by atoms with Gasteiger partial charge in [0.05, 0.1) is 0 Å². The number of hydrogen-bond acceptors (Lipinski definition) is 18. The van der Waals surface area contributed by atoms with Crippen LogP contribution in [0.4, 0.5) is 28.7 Å². The Bertz CT molecular complexity index is 3010. The van der Waals surface area contributed by atoms with Crippen molar-refractivity contribution in [2.45, 2.75) is 59.0 Å². The molecule has 0 radical (unpaired) electrons. The van der Waals surface area contributed by atoms with Gasteiger partial charge in [-0.2, -0.15) is 0 Å². The van der Waals surface area contributed by atoms with Crippen LogP contribution in [0.5, 0.6) is 0 Å². The molecule has 8 heterocycles. The topological polar surface area (TPSA) is 310 Å². The molecule has 8 aromatic rings. The fraction of sp³-hybridized carbons (Fsp3) is 0.333. The Morgan fingerprint density at radius 2 is 1.01 bits per heavy atom. The van der Waals surface area contributed by atoms with Gasteiger partial charge in [-0.1, -0.05) is 93.3 Å². The lowest BCUT2D eigenvalue weighted by Gasteiger charge is -2.42. The molecule has 71 heavy (non-hydrogen) atoms. The van der Waals surface area contributed by atoms with E-state index >= 15 is 0 Å². The van der Waals surface area contributed by atoms with Crippen LogP contribution in [0.15, 0.2) is 65.5 Å². The molecular weight excluding hydrogens is 1060 g/mol. The van der Waals surface area contributed by atoms with Crippen molar-refractivity contribution in [3.8, 4) is 0 Å². The smallest absolute Gasteiger partial charge is 0.327 e. The van der Waals surface area contributed by atoms with Gasteiger partial charge in [0.1, 0.15) is 59.7 Å². The number of nitrogen functional groups attached to an aromatic ring is 2.